The maximum atomic E-state index is 12.2. The summed E-state index contributed by atoms with van der Waals surface area (Å²) in [4.78, 5) is 21.7. The number of hydrogen-bond donors (Lipinski definition) is 2. The molecule has 0 radical (unpaired) electrons. The summed E-state index contributed by atoms with van der Waals surface area (Å²) in [6.07, 6.45) is 5.41. The molecular weight excluding hydrogens is 381 g/mol. The summed E-state index contributed by atoms with van der Waals surface area (Å²) in [5.41, 5.74) is 1.65. The number of aromatic amines is 1. The van der Waals surface area contributed by atoms with Gasteiger partial charge in [-0.1, -0.05) is 0 Å². The van der Waals surface area contributed by atoms with E-state index in [0.29, 0.717) is 13.1 Å². The Morgan fingerprint density at radius 3 is 2.83 bits per heavy atom. The highest BCUT2D eigenvalue weighted by atomic mass is 16.7. The minimum absolute atomic E-state index is 0.0723. The van der Waals surface area contributed by atoms with Crippen molar-refractivity contribution in [3.63, 3.8) is 0 Å². The Kier molecular flexibility index (Phi) is 5.24. The minimum Gasteiger partial charge on any atom is -0.399 e. The Bertz CT molecular complexity index is 980. The smallest absolute Gasteiger partial charge is 0.399 e. The van der Waals surface area contributed by atoms with Gasteiger partial charge in [-0.3, -0.25) is 4.79 Å². The molecule has 0 saturated carbocycles. The highest BCUT2D eigenvalue weighted by Crippen LogP contribution is 2.37. The van der Waals surface area contributed by atoms with Crippen molar-refractivity contribution in [2.24, 2.45) is 0 Å². The fraction of sp³-hybridized carbons (Fsp3) is 0.571. The molecule has 9 heteroatoms. The van der Waals surface area contributed by atoms with Gasteiger partial charge in [0, 0.05) is 48.1 Å². The average molecular weight is 409 g/mol. The monoisotopic (exact) mass is 409 g/mol. The number of H-pyrrole nitrogens is 1. The molecule has 30 heavy (non-hydrogen) atoms. The SMILES string of the molecule is CC1(C)OB(c2cnc3[nH]ccc3c2N[C@@H]2CCCN(C(=O)CC#N)C2)OC1(C)C. The Balaban J connectivity index is 1.64. The lowest BCUT2D eigenvalue weighted by Gasteiger charge is -2.34. The van der Waals surface area contributed by atoms with E-state index in [9.17, 15) is 4.79 Å². The van der Waals surface area contributed by atoms with E-state index in [1.54, 1.807) is 11.1 Å². The zero-order valence-corrected chi connectivity index (χ0v) is 18.0. The summed E-state index contributed by atoms with van der Waals surface area (Å²) in [5.74, 6) is -0.114. The second kappa shape index (κ2) is 7.60. The summed E-state index contributed by atoms with van der Waals surface area (Å²) < 4.78 is 12.6. The second-order valence-electron chi connectivity index (χ2n) is 9.07. The van der Waals surface area contributed by atoms with Crippen molar-refractivity contribution < 1.29 is 14.1 Å². The molecule has 0 spiro atoms. The van der Waals surface area contributed by atoms with Gasteiger partial charge in [-0.2, -0.15) is 5.26 Å². The number of amides is 1. The number of likely N-dealkylation sites (tertiary alicyclic amines) is 1. The van der Waals surface area contributed by atoms with E-state index in [0.717, 1.165) is 35.0 Å². The molecule has 2 fully saturated rings. The number of pyridine rings is 1. The Hall–Kier alpha value is -2.57. The van der Waals surface area contributed by atoms with Crippen LogP contribution in [0.3, 0.4) is 0 Å². The number of carbonyl (C=O) groups is 1. The zero-order valence-electron chi connectivity index (χ0n) is 18.0. The van der Waals surface area contributed by atoms with Gasteiger partial charge in [-0.05, 0) is 46.6 Å². The van der Waals surface area contributed by atoms with Crippen LogP contribution in [0, 0.1) is 11.3 Å². The number of piperidine rings is 1. The highest BCUT2D eigenvalue weighted by Gasteiger charge is 2.52. The minimum atomic E-state index is -0.538. The van der Waals surface area contributed by atoms with Gasteiger partial charge in [-0.15, -0.1) is 0 Å². The van der Waals surface area contributed by atoms with Gasteiger partial charge in [0.2, 0.25) is 5.91 Å². The van der Waals surface area contributed by atoms with E-state index in [4.69, 9.17) is 14.6 Å². The van der Waals surface area contributed by atoms with Gasteiger partial charge < -0.3 is 24.5 Å². The van der Waals surface area contributed by atoms with Gasteiger partial charge in [0.25, 0.3) is 0 Å². The molecule has 8 nitrogen and oxygen atoms in total. The zero-order chi connectivity index (χ0) is 21.5. The Morgan fingerprint density at radius 2 is 2.13 bits per heavy atom. The number of nitrogens with one attached hydrogen (secondary N) is 2. The molecule has 2 aromatic rings. The molecule has 2 N–H and O–H groups in total. The van der Waals surface area contributed by atoms with Crippen LogP contribution in [0.1, 0.15) is 47.0 Å². The second-order valence-corrected chi connectivity index (χ2v) is 9.07. The number of aromatic nitrogens is 2. The molecule has 0 aliphatic carbocycles. The molecule has 0 unspecified atom stereocenters. The van der Waals surface area contributed by atoms with Crippen LogP contribution in [0.5, 0.6) is 0 Å². The fourth-order valence-corrected chi connectivity index (χ4v) is 4.04. The van der Waals surface area contributed by atoms with Crippen molar-refractivity contribution in [3.8, 4) is 6.07 Å². The van der Waals surface area contributed by atoms with Crippen LogP contribution in [-0.4, -0.2) is 58.2 Å². The largest absolute Gasteiger partial charge is 0.498 e. The Labute approximate surface area is 177 Å². The number of hydrogen-bond acceptors (Lipinski definition) is 6. The lowest BCUT2D eigenvalue weighted by Crippen LogP contribution is -2.46. The van der Waals surface area contributed by atoms with Crippen molar-refractivity contribution in [3.05, 3.63) is 18.5 Å². The maximum absolute atomic E-state index is 12.2. The van der Waals surface area contributed by atoms with Crippen molar-refractivity contribution in [1.29, 1.82) is 5.26 Å². The molecule has 0 aromatic carbocycles. The predicted molar refractivity (Wildman–Crippen MR) is 115 cm³/mol. The summed E-state index contributed by atoms with van der Waals surface area (Å²) in [7, 11) is -0.538. The number of nitriles is 1. The maximum Gasteiger partial charge on any atom is 0.498 e. The van der Waals surface area contributed by atoms with Crippen LogP contribution in [0.15, 0.2) is 18.5 Å². The standard InChI is InChI=1S/C21H28BN5O3/c1-20(2)21(3,4)30-22(29-20)16-12-25-19-15(8-10-24-19)18(16)26-14-6-5-11-27(13-14)17(28)7-9-23/h8,10,12,14H,5-7,11,13H2,1-4H3,(H2,24,25,26)/t14-/m1/s1. The van der Waals surface area contributed by atoms with Crippen LogP contribution >= 0.6 is 0 Å². The molecule has 2 aromatic heterocycles. The first-order valence-corrected chi connectivity index (χ1v) is 10.4. The Morgan fingerprint density at radius 1 is 1.40 bits per heavy atom. The summed E-state index contributed by atoms with van der Waals surface area (Å²) >= 11 is 0. The molecule has 158 valence electrons. The van der Waals surface area contributed by atoms with Gasteiger partial charge in [0.1, 0.15) is 12.1 Å². The first-order valence-electron chi connectivity index (χ1n) is 10.4. The number of fused-ring (bicyclic) bond motifs is 1. The van der Waals surface area contributed by atoms with Crippen LogP contribution in [-0.2, 0) is 14.1 Å². The van der Waals surface area contributed by atoms with E-state index >= 15 is 0 Å². The predicted octanol–water partition coefficient (Wildman–Crippen LogP) is 2.18. The number of anilines is 1. The van der Waals surface area contributed by atoms with Crippen LogP contribution < -0.4 is 10.8 Å². The van der Waals surface area contributed by atoms with Gasteiger partial charge >= 0.3 is 7.12 Å². The molecule has 1 atom stereocenters. The normalized spacial score (nSPS) is 22.8. The van der Waals surface area contributed by atoms with Crippen molar-refractivity contribution >= 4 is 35.2 Å². The van der Waals surface area contributed by atoms with Gasteiger partial charge in [0.15, 0.2) is 0 Å². The molecule has 4 rings (SSSR count). The highest BCUT2D eigenvalue weighted by molar-refractivity contribution is 6.64. The molecule has 2 aliphatic heterocycles. The molecule has 1 amide bonds. The van der Waals surface area contributed by atoms with Crippen LogP contribution in [0.2, 0.25) is 0 Å². The van der Waals surface area contributed by atoms with E-state index in [1.165, 1.54) is 0 Å². The molecule has 2 aliphatic rings. The van der Waals surface area contributed by atoms with Crippen molar-refractivity contribution in [2.45, 2.75) is 64.2 Å². The van der Waals surface area contributed by atoms with E-state index in [1.807, 2.05) is 46.0 Å². The molecule has 2 saturated heterocycles. The molecule has 0 bridgehead atoms. The summed E-state index contributed by atoms with van der Waals surface area (Å²) in [6, 6.07) is 4.01. The van der Waals surface area contributed by atoms with Gasteiger partial charge in [0.05, 0.1) is 17.3 Å². The van der Waals surface area contributed by atoms with Crippen LogP contribution in [0.25, 0.3) is 11.0 Å². The summed E-state index contributed by atoms with van der Waals surface area (Å²) in [6.45, 7) is 9.38. The molecule has 4 heterocycles. The summed E-state index contributed by atoms with van der Waals surface area (Å²) in [5, 5.41) is 13.5. The average Bonchev–Trinajstić information content (AvgIpc) is 3.24. The topological polar surface area (TPSA) is 103 Å². The van der Waals surface area contributed by atoms with Gasteiger partial charge in [-0.25, -0.2) is 4.98 Å². The fourth-order valence-electron chi connectivity index (χ4n) is 4.04. The quantitative estimate of drug-likeness (QED) is 0.751. The van der Waals surface area contributed by atoms with E-state index < -0.39 is 18.3 Å². The van der Waals surface area contributed by atoms with Crippen LogP contribution in [0.4, 0.5) is 5.69 Å². The number of carbonyl (C=O) groups excluding carboxylic acids is 1. The first-order chi connectivity index (χ1) is 14.2. The lowest BCUT2D eigenvalue weighted by atomic mass is 9.78. The number of nitrogens with zero attached hydrogens (tertiary/aromatic N) is 3. The van der Waals surface area contributed by atoms with Crippen molar-refractivity contribution in [1.82, 2.24) is 14.9 Å². The third-order valence-corrected chi connectivity index (χ3v) is 6.48. The number of rotatable bonds is 4. The third-order valence-electron chi connectivity index (χ3n) is 6.48. The van der Waals surface area contributed by atoms with E-state index in [2.05, 4.69) is 15.3 Å². The molecular formula is C21H28BN5O3. The van der Waals surface area contributed by atoms with Crippen molar-refractivity contribution in [2.75, 3.05) is 18.4 Å². The third kappa shape index (κ3) is 3.66. The first kappa shape index (κ1) is 20.7. The lowest BCUT2D eigenvalue weighted by molar-refractivity contribution is -0.131. The van der Waals surface area contributed by atoms with E-state index in [-0.39, 0.29) is 18.4 Å².